The predicted molar refractivity (Wildman–Crippen MR) is 353 cm³/mol. The first-order chi connectivity index (χ1) is 44.4. The summed E-state index contributed by atoms with van der Waals surface area (Å²) >= 11 is 9.53. The topological polar surface area (TPSA) is 161 Å². The average Bonchev–Trinajstić information content (AvgIpc) is 0.786. The molecule has 0 unspecified atom stereocenters. The second-order valence-corrected chi connectivity index (χ2v) is 21.5. The van der Waals surface area contributed by atoms with Crippen molar-refractivity contribution in [1.82, 2.24) is 0 Å². The summed E-state index contributed by atoms with van der Waals surface area (Å²) in [6.45, 7) is 0. The van der Waals surface area contributed by atoms with Gasteiger partial charge in [0.05, 0.1) is 50.9 Å². The summed E-state index contributed by atoms with van der Waals surface area (Å²) in [4.78, 5) is 49.2. The largest absolute Gasteiger partial charge is 2.00 e. The second-order valence-electron chi connectivity index (χ2n) is 20.6. The molecule has 0 amide bonds. The quantitative estimate of drug-likeness (QED) is 0.0525. The predicted octanol–water partition coefficient (Wildman–Crippen LogP) is 12.5. The van der Waals surface area contributed by atoms with Gasteiger partial charge in [0.1, 0.15) is 0 Å². The van der Waals surface area contributed by atoms with E-state index in [1.807, 2.05) is 364 Å². The molecule has 0 aliphatic heterocycles. The molecule has 0 heterocycles. The van der Waals surface area contributed by atoms with Gasteiger partial charge in [-0.15, -0.1) is 23.2 Å². The fourth-order valence-electron chi connectivity index (χ4n) is 11.7. The van der Waals surface area contributed by atoms with Crippen LogP contribution in [-0.2, 0) is 79.8 Å². The molecule has 12 aromatic carbocycles. The van der Waals surface area contributed by atoms with Crippen LogP contribution in [0, 0.1) is 0 Å². The third-order valence-corrected chi connectivity index (χ3v) is 15.7. The van der Waals surface area contributed by atoms with E-state index in [-0.39, 0.29) is 44.3 Å². The zero-order valence-electron chi connectivity index (χ0n) is 50.0. The van der Waals surface area contributed by atoms with E-state index >= 15 is 0 Å². The number of hydrogen-bond donors (Lipinski definition) is 0. The van der Waals surface area contributed by atoms with Crippen LogP contribution in [-0.4, -0.2) is 29.2 Å². The van der Waals surface area contributed by atoms with Crippen molar-refractivity contribution >= 4 is 47.1 Å². The molecule has 93 heavy (non-hydrogen) atoms. The van der Waals surface area contributed by atoms with Gasteiger partial charge in [-0.05, 0) is 66.8 Å². The molecular weight excluding hydrogens is 1380 g/mol. The number of carboxylic acid groups (broad SMARTS) is 4. The molecule has 0 atom stereocenters. The molecule has 12 rings (SSSR count). The van der Waals surface area contributed by atoms with Crippen LogP contribution in [0.1, 0.15) is 66.8 Å². The number of carbonyl (C=O) groups is 4. The number of halogens is 2. The minimum atomic E-state index is -1.32. The summed E-state index contributed by atoms with van der Waals surface area (Å²) in [5.74, 6) is -4.51. The Labute approximate surface area is 579 Å². The first-order valence-corrected chi connectivity index (χ1v) is 30.2. The SMILES string of the molecule is ClCCl.O=C([O-])C(c1ccccc1)(c1ccccc1)c1ccccc1.O=C([O-])C(c1ccccc1)(c1ccccc1)c1ccccc1.O=C([O-])C(c1ccccc1)(c1ccccc1)c1ccccc1.O=C([O-])C(c1ccccc1)(c1ccccc1)c1ccccc1.[Rh+2].[Rh+2]. The fraction of sp³-hybridized carbons (Fsp3) is 0.0617. The summed E-state index contributed by atoms with van der Waals surface area (Å²) in [6.07, 6.45) is 0. The molecule has 0 aromatic heterocycles. The van der Waals surface area contributed by atoms with Crippen molar-refractivity contribution in [1.29, 1.82) is 0 Å². The number of rotatable bonds is 16. The zero-order valence-corrected chi connectivity index (χ0v) is 54.8. The molecule has 0 saturated carbocycles. The van der Waals surface area contributed by atoms with E-state index in [0.717, 1.165) is 0 Å². The third kappa shape index (κ3) is 16.0. The molecule has 8 nitrogen and oxygen atoms in total. The Kier molecular flexibility index (Phi) is 27.9. The molecule has 0 aliphatic carbocycles. The van der Waals surface area contributed by atoms with Crippen molar-refractivity contribution in [3.05, 3.63) is 431 Å². The van der Waals surface area contributed by atoms with E-state index < -0.39 is 45.5 Å². The van der Waals surface area contributed by atoms with Crippen LogP contribution in [0.25, 0.3) is 0 Å². The van der Waals surface area contributed by atoms with E-state index in [9.17, 15) is 39.6 Å². The number of aliphatic carboxylic acids is 4. The van der Waals surface area contributed by atoms with E-state index in [1.54, 1.807) is 0 Å². The Morgan fingerprint density at radius 3 is 0.312 bits per heavy atom. The smallest absolute Gasteiger partial charge is 0.548 e. The van der Waals surface area contributed by atoms with Crippen LogP contribution in [0.3, 0.4) is 0 Å². The maximum Gasteiger partial charge on any atom is 2.00 e. The Morgan fingerprint density at radius 1 is 0.194 bits per heavy atom. The fourth-order valence-corrected chi connectivity index (χ4v) is 11.7. The van der Waals surface area contributed by atoms with Crippen molar-refractivity contribution in [2.75, 3.05) is 5.34 Å². The van der Waals surface area contributed by atoms with Gasteiger partial charge in [-0.25, -0.2) is 0 Å². The Hall–Kier alpha value is -9.65. The minimum Gasteiger partial charge on any atom is -0.548 e. The average molecular weight is 1440 g/mol. The van der Waals surface area contributed by atoms with E-state index in [2.05, 4.69) is 0 Å². The monoisotopic (exact) mass is 1440 g/mol. The number of carbonyl (C=O) groups excluding carboxylic acids is 4. The molecule has 2 radical (unpaired) electrons. The van der Waals surface area contributed by atoms with Gasteiger partial charge >= 0.3 is 39.0 Å². The summed E-state index contributed by atoms with van der Waals surface area (Å²) in [5, 5.41) is 49.4. The minimum absolute atomic E-state index is 0. The van der Waals surface area contributed by atoms with Gasteiger partial charge in [-0.3, -0.25) is 0 Å². The first-order valence-electron chi connectivity index (χ1n) is 29.1. The third-order valence-electron chi connectivity index (χ3n) is 15.7. The van der Waals surface area contributed by atoms with E-state index in [4.69, 9.17) is 23.2 Å². The molecule has 0 fully saturated rings. The standard InChI is InChI=1S/4C20H16O2.CH2Cl2.2Rh/c4*21-19(22)20(16-10-4-1-5-11-16,17-12-6-2-7-13-17)18-14-8-3-9-15-18;2-1-3;;/h4*1-15H,(H,21,22);1H2;;/q;;;;;2*+2/p-4. The van der Waals surface area contributed by atoms with Crippen LogP contribution < -0.4 is 20.4 Å². The number of carboxylic acids is 4. The number of benzene rings is 12. The van der Waals surface area contributed by atoms with Gasteiger partial charge in [0.15, 0.2) is 0 Å². The van der Waals surface area contributed by atoms with Crippen molar-refractivity contribution in [3.63, 3.8) is 0 Å². The first kappa shape index (κ1) is 72.4. The molecule has 12 aromatic rings. The van der Waals surface area contributed by atoms with E-state index in [0.29, 0.717) is 66.8 Å². The van der Waals surface area contributed by atoms with Gasteiger partial charge < -0.3 is 39.6 Å². The molecule has 466 valence electrons. The number of alkyl halides is 2. The molecule has 0 bridgehead atoms. The second kappa shape index (κ2) is 35.8. The van der Waals surface area contributed by atoms with Gasteiger partial charge in [-0.2, -0.15) is 0 Å². The molecule has 0 spiro atoms. The van der Waals surface area contributed by atoms with Crippen molar-refractivity contribution in [2.45, 2.75) is 21.7 Å². The Balaban J connectivity index is 0.000000192. The van der Waals surface area contributed by atoms with Crippen LogP contribution in [0.15, 0.2) is 364 Å². The molecular formula is C81H62Cl2O8Rh2. The van der Waals surface area contributed by atoms with Gasteiger partial charge in [0.2, 0.25) is 0 Å². The molecule has 0 aliphatic rings. The summed E-state index contributed by atoms with van der Waals surface area (Å²) in [5.41, 5.74) is 2.99. The maximum atomic E-state index is 12.3. The van der Waals surface area contributed by atoms with Crippen molar-refractivity contribution in [2.24, 2.45) is 0 Å². The van der Waals surface area contributed by atoms with Gasteiger partial charge in [-0.1, -0.05) is 364 Å². The van der Waals surface area contributed by atoms with Gasteiger partial charge in [0.25, 0.3) is 0 Å². The van der Waals surface area contributed by atoms with E-state index in [1.165, 1.54) is 0 Å². The number of hydrogen-bond acceptors (Lipinski definition) is 8. The summed E-state index contributed by atoms with van der Waals surface area (Å²) < 4.78 is 0. The van der Waals surface area contributed by atoms with Crippen LogP contribution in [0.5, 0.6) is 0 Å². The summed E-state index contributed by atoms with van der Waals surface area (Å²) in [7, 11) is 0. The van der Waals surface area contributed by atoms with Crippen molar-refractivity contribution < 1.29 is 78.6 Å². The Morgan fingerprint density at radius 2 is 0.258 bits per heavy atom. The molecule has 0 N–H and O–H groups in total. The zero-order chi connectivity index (χ0) is 64.4. The van der Waals surface area contributed by atoms with Crippen LogP contribution in [0.2, 0.25) is 0 Å². The molecule has 12 heteroatoms. The normalized spacial score (nSPS) is 10.7. The van der Waals surface area contributed by atoms with Crippen LogP contribution in [0.4, 0.5) is 0 Å². The maximum absolute atomic E-state index is 12.3. The van der Waals surface area contributed by atoms with Crippen molar-refractivity contribution in [3.8, 4) is 0 Å². The van der Waals surface area contributed by atoms with Crippen LogP contribution >= 0.6 is 23.2 Å². The summed E-state index contributed by atoms with van der Waals surface area (Å²) in [6, 6.07) is 111. The molecule has 0 saturated heterocycles. The van der Waals surface area contributed by atoms with Gasteiger partial charge in [0, 0.05) is 0 Å². The Bertz CT molecular complexity index is 3200.